The lowest BCUT2D eigenvalue weighted by atomic mass is 10.2. The van der Waals surface area contributed by atoms with Crippen molar-refractivity contribution >= 4 is 46.5 Å². The summed E-state index contributed by atoms with van der Waals surface area (Å²) in [5.74, 6) is 0.477. The summed E-state index contributed by atoms with van der Waals surface area (Å²) in [6.07, 6.45) is 6.49. The lowest BCUT2D eigenvalue weighted by molar-refractivity contribution is 0.634. The summed E-state index contributed by atoms with van der Waals surface area (Å²) >= 11 is 17.4. The van der Waals surface area contributed by atoms with E-state index in [-0.39, 0.29) is 0 Å². The first-order valence-electron chi connectivity index (χ1n) is 7.51. The minimum Gasteiger partial charge on any atom is -0.360 e. The Morgan fingerprint density at radius 3 is 2.83 bits per heavy atom. The number of anilines is 1. The standard InChI is InChI=1S/C15H17Cl2N5S/c16-11-6-5-10(13(17)7-11)8-22-9-18-14(21-22)20-15(23)19-12-3-1-2-4-12/h5-7,9,12H,1-4,8H2,(H2,19,20,21,23). The summed E-state index contributed by atoms with van der Waals surface area (Å²) in [7, 11) is 0. The highest BCUT2D eigenvalue weighted by Gasteiger charge is 2.16. The van der Waals surface area contributed by atoms with E-state index in [9.17, 15) is 0 Å². The molecule has 1 fully saturated rings. The zero-order valence-corrected chi connectivity index (χ0v) is 14.8. The van der Waals surface area contributed by atoms with E-state index < -0.39 is 0 Å². The third-order valence-electron chi connectivity index (χ3n) is 3.80. The molecule has 0 unspecified atom stereocenters. The third kappa shape index (κ3) is 4.56. The molecule has 0 amide bonds. The van der Waals surface area contributed by atoms with E-state index in [0.29, 0.717) is 33.7 Å². The second kappa shape index (κ2) is 7.47. The third-order valence-corrected chi connectivity index (χ3v) is 4.61. The van der Waals surface area contributed by atoms with E-state index in [0.717, 1.165) is 5.56 Å². The van der Waals surface area contributed by atoms with Gasteiger partial charge in [0.15, 0.2) is 5.11 Å². The van der Waals surface area contributed by atoms with Crippen molar-refractivity contribution in [1.82, 2.24) is 20.1 Å². The van der Waals surface area contributed by atoms with Crippen molar-refractivity contribution in [3.63, 3.8) is 0 Å². The first kappa shape index (κ1) is 16.5. The average Bonchev–Trinajstić information content (AvgIpc) is 3.14. The summed E-state index contributed by atoms with van der Waals surface area (Å²) in [5.41, 5.74) is 0.930. The number of hydrogen-bond acceptors (Lipinski definition) is 3. The zero-order valence-electron chi connectivity index (χ0n) is 12.4. The Balaban J connectivity index is 1.58. The van der Waals surface area contributed by atoms with Crippen LogP contribution >= 0.6 is 35.4 Å². The maximum atomic E-state index is 6.17. The van der Waals surface area contributed by atoms with E-state index in [2.05, 4.69) is 20.7 Å². The van der Waals surface area contributed by atoms with Gasteiger partial charge in [-0.3, -0.25) is 5.32 Å². The SMILES string of the molecule is S=C(Nc1ncn(Cc2ccc(Cl)cc2Cl)n1)NC1CCCC1. The molecule has 0 saturated heterocycles. The van der Waals surface area contributed by atoms with Crippen LogP contribution in [0.15, 0.2) is 24.5 Å². The van der Waals surface area contributed by atoms with Gasteiger partial charge in [0, 0.05) is 16.1 Å². The predicted octanol–water partition coefficient (Wildman–Crippen LogP) is 3.86. The normalized spacial score (nSPS) is 14.9. The van der Waals surface area contributed by atoms with Gasteiger partial charge in [0.1, 0.15) is 6.33 Å². The Bertz CT molecular complexity index is 697. The van der Waals surface area contributed by atoms with Crippen molar-refractivity contribution < 1.29 is 0 Å². The maximum absolute atomic E-state index is 6.17. The highest BCUT2D eigenvalue weighted by atomic mass is 35.5. The van der Waals surface area contributed by atoms with Crippen LogP contribution in [-0.2, 0) is 6.54 Å². The molecule has 0 radical (unpaired) electrons. The molecular formula is C15H17Cl2N5S. The average molecular weight is 370 g/mol. The largest absolute Gasteiger partial charge is 0.360 e. The Labute approximate surface area is 150 Å². The van der Waals surface area contributed by atoms with Crippen LogP contribution in [0.2, 0.25) is 10.0 Å². The Kier molecular flexibility index (Phi) is 5.35. The second-order valence-corrected chi connectivity index (χ2v) is 6.83. The van der Waals surface area contributed by atoms with Crippen LogP contribution in [0.5, 0.6) is 0 Å². The molecule has 0 atom stereocenters. The van der Waals surface area contributed by atoms with Gasteiger partial charge in [0.25, 0.3) is 0 Å². The fourth-order valence-electron chi connectivity index (χ4n) is 2.65. The molecule has 0 aliphatic heterocycles. The van der Waals surface area contributed by atoms with Crippen LogP contribution in [-0.4, -0.2) is 25.9 Å². The van der Waals surface area contributed by atoms with Crippen LogP contribution in [0, 0.1) is 0 Å². The zero-order chi connectivity index (χ0) is 16.2. The predicted molar refractivity (Wildman–Crippen MR) is 97.2 cm³/mol. The summed E-state index contributed by atoms with van der Waals surface area (Å²) in [5, 5.41) is 12.5. The molecule has 1 aliphatic carbocycles. The van der Waals surface area contributed by atoms with Gasteiger partial charge in [-0.05, 0) is 42.8 Å². The molecule has 1 aliphatic rings. The Hall–Kier alpha value is -1.37. The van der Waals surface area contributed by atoms with E-state index >= 15 is 0 Å². The number of nitrogens with zero attached hydrogens (tertiary/aromatic N) is 3. The van der Waals surface area contributed by atoms with Crippen molar-refractivity contribution in [3.8, 4) is 0 Å². The summed E-state index contributed by atoms with van der Waals surface area (Å²) < 4.78 is 1.70. The van der Waals surface area contributed by atoms with Gasteiger partial charge in [-0.1, -0.05) is 42.1 Å². The van der Waals surface area contributed by atoms with Crippen LogP contribution in [0.25, 0.3) is 0 Å². The van der Waals surface area contributed by atoms with Gasteiger partial charge in [-0.2, -0.15) is 0 Å². The van der Waals surface area contributed by atoms with Crippen LogP contribution in [0.1, 0.15) is 31.2 Å². The van der Waals surface area contributed by atoms with E-state index in [4.69, 9.17) is 35.4 Å². The monoisotopic (exact) mass is 369 g/mol. The minimum atomic E-state index is 0.463. The number of halogens is 2. The molecule has 2 aromatic rings. The highest BCUT2D eigenvalue weighted by molar-refractivity contribution is 7.80. The second-order valence-electron chi connectivity index (χ2n) is 5.58. The molecule has 5 nitrogen and oxygen atoms in total. The topological polar surface area (TPSA) is 54.8 Å². The number of thiocarbonyl (C=S) groups is 1. The molecule has 8 heteroatoms. The van der Waals surface area contributed by atoms with Crippen molar-refractivity contribution in [2.24, 2.45) is 0 Å². The number of hydrogen-bond donors (Lipinski definition) is 2. The summed E-state index contributed by atoms with van der Waals surface area (Å²) in [6, 6.07) is 5.87. The molecule has 1 aromatic heterocycles. The first-order chi connectivity index (χ1) is 11.1. The van der Waals surface area contributed by atoms with Gasteiger partial charge in [0.2, 0.25) is 5.95 Å². The smallest absolute Gasteiger partial charge is 0.248 e. The Morgan fingerprint density at radius 2 is 2.09 bits per heavy atom. The van der Waals surface area contributed by atoms with Gasteiger partial charge in [-0.15, -0.1) is 5.10 Å². The van der Waals surface area contributed by atoms with Crippen molar-refractivity contribution in [3.05, 3.63) is 40.1 Å². The quantitative estimate of drug-likeness (QED) is 0.801. The number of benzene rings is 1. The number of nitrogens with one attached hydrogen (secondary N) is 2. The number of rotatable bonds is 4. The van der Waals surface area contributed by atoms with Crippen molar-refractivity contribution in [2.45, 2.75) is 38.3 Å². The fraction of sp³-hybridized carbons (Fsp3) is 0.400. The number of aromatic nitrogens is 3. The molecular weight excluding hydrogens is 353 g/mol. The molecule has 1 aromatic carbocycles. The van der Waals surface area contributed by atoms with E-state index in [1.165, 1.54) is 25.7 Å². The summed E-state index contributed by atoms with van der Waals surface area (Å²) in [6.45, 7) is 0.521. The van der Waals surface area contributed by atoms with Gasteiger partial charge < -0.3 is 5.32 Å². The lowest BCUT2D eigenvalue weighted by Crippen LogP contribution is -2.36. The van der Waals surface area contributed by atoms with Crippen LogP contribution in [0.3, 0.4) is 0 Å². The minimum absolute atomic E-state index is 0.463. The van der Waals surface area contributed by atoms with Gasteiger partial charge in [-0.25, -0.2) is 9.67 Å². The molecule has 3 rings (SSSR count). The van der Waals surface area contributed by atoms with Crippen LogP contribution < -0.4 is 10.6 Å². The van der Waals surface area contributed by atoms with Crippen molar-refractivity contribution in [2.75, 3.05) is 5.32 Å². The maximum Gasteiger partial charge on any atom is 0.248 e. The van der Waals surface area contributed by atoms with E-state index in [1.807, 2.05) is 6.07 Å². The van der Waals surface area contributed by atoms with Crippen LogP contribution in [0.4, 0.5) is 5.95 Å². The van der Waals surface area contributed by atoms with Gasteiger partial charge in [0.05, 0.1) is 6.54 Å². The van der Waals surface area contributed by atoms with Gasteiger partial charge >= 0.3 is 0 Å². The molecule has 1 saturated carbocycles. The molecule has 2 N–H and O–H groups in total. The Morgan fingerprint density at radius 1 is 1.30 bits per heavy atom. The molecule has 0 bridgehead atoms. The van der Waals surface area contributed by atoms with E-state index in [1.54, 1.807) is 23.1 Å². The lowest BCUT2D eigenvalue weighted by Gasteiger charge is -2.13. The fourth-order valence-corrected chi connectivity index (χ4v) is 3.37. The first-order valence-corrected chi connectivity index (χ1v) is 8.67. The molecule has 0 spiro atoms. The highest BCUT2D eigenvalue weighted by Crippen LogP contribution is 2.21. The van der Waals surface area contributed by atoms with Crippen molar-refractivity contribution in [1.29, 1.82) is 0 Å². The molecule has 23 heavy (non-hydrogen) atoms. The molecule has 1 heterocycles. The molecule has 122 valence electrons. The summed E-state index contributed by atoms with van der Waals surface area (Å²) in [4.78, 5) is 4.22.